The number of carboxylic acid groups (broad SMARTS) is 1. The first-order valence-electron chi connectivity index (χ1n) is 23.5. The number of aryl methyl sites for hydroxylation is 1. The smallest absolute Gasteiger partial charge is 0.335 e. The molecule has 5 aliphatic carbocycles. The largest absolute Gasteiger partial charge is 0.478 e. The van der Waals surface area contributed by atoms with Gasteiger partial charge in [0.15, 0.2) is 5.03 Å². The van der Waals surface area contributed by atoms with Crippen molar-refractivity contribution in [1.82, 2.24) is 24.1 Å². The zero-order chi connectivity index (χ0) is 49.4. The number of hydrogen-bond acceptors (Lipinski definition) is 6. The third-order valence-electron chi connectivity index (χ3n) is 16.1. The van der Waals surface area contributed by atoms with Crippen molar-refractivity contribution in [2.24, 2.45) is 52.9 Å². The number of carbonyl (C=O) groups is 1. The Morgan fingerprint density at radius 2 is 1.45 bits per heavy atom. The van der Waals surface area contributed by atoms with E-state index < -0.39 is 16.0 Å². The number of carboxylic acids is 1. The average molecular weight is 908 g/mol. The molecule has 1 aromatic heterocycles. The molecule has 0 bridgehead atoms. The van der Waals surface area contributed by atoms with Gasteiger partial charge in [0.1, 0.15) is 0 Å². The molecule has 65 heavy (non-hydrogen) atoms. The number of benzene rings is 1. The molecule has 356 valence electrons. The topological polar surface area (TPSA) is 108 Å². The molecule has 1 aliphatic heterocycles. The second-order valence-electron chi connectivity index (χ2n) is 19.1. The second kappa shape index (κ2) is 24.8. The zero-order valence-electron chi connectivity index (χ0n) is 41.0. The van der Waals surface area contributed by atoms with Crippen LogP contribution in [0.5, 0.6) is 0 Å². The highest BCUT2D eigenvalue weighted by Crippen LogP contribution is 2.72. The van der Waals surface area contributed by atoms with Crippen molar-refractivity contribution in [3.8, 4) is 51.4 Å². The van der Waals surface area contributed by atoms with E-state index in [2.05, 4.69) is 107 Å². The Kier molecular flexibility index (Phi) is 21.6. The van der Waals surface area contributed by atoms with Gasteiger partial charge in [0, 0.05) is 58.1 Å². The molecule has 4 unspecified atom stereocenters. The molecule has 0 amide bonds. The first kappa shape index (κ1) is 56.6. The molecular weight excluding hydrogens is 827 g/mol. The molecule has 2 aromatic rings. The standard InChI is InChI=1S/C42H61N5O4S.C3H6.C2H6.4C2H2/c1-39(2)32(29-8-10-30(11-9-29)38(48)49)14-18-41(4)35(39)16-19-40(3)33-15-20-42(17-6-7-34(42)31(33)12-13-36(40)41)44-21-22-46-23-25-47(26-24-46)52(50,51)37-27-45(5)28-43-37;1-3-2;5*1-2/h8-11,14,27-28,31,33-36,44H,6-7,12-13,15-26H2,1-5H3,(H,48,49);3H,1H2,2H3;1-2H3;4*1-2H/t31-,33?,34?,35?,36?,40-,41-,42-;;;;;;/m0....../s1. The minimum Gasteiger partial charge on any atom is -0.478 e. The lowest BCUT2D eigenvalue weighted by Crippen LogP contribution is -2.64. The van der Waals surface area contributed by atoms with Crippen molar-refractivity contribution in [2.45, 2.75) is 123 Å². The Balaban J connectivity index is 0.00000102. The summed E-state index contributed by atoms with van der Waals surface area (Å²) in [5.41, 5.74) is 3.89. The van der Waals surface area contributed by atoms with Crippen LogP contribution in [0.15, 0.2) is 60.5 Å². The number of aromatic nitrogens is 2. The number of nitrogens with one attached hydrogen (secondary N) is 1. The minimum atomic E-state index is -3.53. The van der Waals surface area contributed by atoms with Gasteiger partial charge in [-0.1, -0.05) is 72.2 Å². The molecule has 2 N–H and O–H groups in total. The van der Waals surface area contributed by atoms with Gasteiger partial charge in [-0.25, -0.2) is 18.2 Å². The van der Waals surface area contributed by atoms with Gasteiger partial charge in [-0.3, -0.25) is 4.90 Å². The van der Waals surface area contributed by atoms with Gasteiger partial charge in [0.2, 0.25) is 0 Å². The van der Waals surface area contributed by atoms with Crippen LogP contribution in [0.2, 0.25) is 0 Å². The normalized spacial score (nSPS) is 30.6. The third-order valence-corrected chi connectivity index (χ3v) is 17.8. The van der Waals surface area contributed by atoms with Crippen LogP contribution >= 0.6 is 0 Å². The lowest BCUT2D eigenvalue weighted by molar-refractivity contribution is -0.172. The molecule has 0 radical (unpaired) electrons. The van der Waals surface area contributed by atoms with E-state index in [4.69, 9.17) is 0 Å². The summed E-state index contributed by atoms with van der Waals surface area (Å²) in [7, 11) is -1.73. The van der Waals surface area contributed by atoms with Crippen LogP contribution in [0.4, 0.5) is 0 Å². The lowest BCUT2D eigenvalue weighted by atomic mass is 9.37. The van der Waals surface area contributed by atoms with E-state index in [9.17, 15) is 18.3 Å². The molecule has 6 aliphatic rings. The van der Waals surface area contributed by atoms with E-state index in [0.29, 0.717) is 30.0 Å². The number of imidazole rings is 1. The van der Waals surface area contributed by atoms with E-state index in [0.717, 1.165) is 56.3 Å². The number of hydrogen-bond donors (Lipinski definition) is 2. The Morgan fingerprint density at radius 1 is 0.846 bits per heavy atom. The van der Waals surface area contributed by atoms with Crippen LogP contribution in [0.1, 0.15) is 129 Å². The van der Waals surface area contributed by atoms with Crippen LogP contribution in [0, 0.1) is 97.2 Å². The van der Waals surface area contributed by atoms with Gasteiger partial charge in [0.25, 0.3) is 10.0 Å². The molecule has 1 aromatic carbocycles. The monoisotopic (exact) mass is 908 g/mol. The molecule has 2 heterocycles. The number of aromatic carboxylic acids is 1. The predicted octanol–water partition coefficient (Wildman–Crippen LogP) is 10.1. The summed E-state index contributed by atoms with van der Waals surface area (Å²) < 4.78 is 29.5. The SMILES string of the molecule is C#C.C#C.C#C.C#C.C=CC.CC.Cn1cnc(S(=O)(=O)N2CCN(CCN[C@]34CCCC3[C@H]3CCC5[C@@](C)(CCC6C(C)(C)C(c7ccc(C(=O)O)cc7)=CC[C@@]65C)C3CC4)CC2)c1. The van der Waals surface area contributed by atoms with Gasteiger partial charge in [-0.05, 0) is 134 Å². The lowest BCUT2D eigenvalue weighted by Gasteiger charge is -2.68. The van der Waals surface area contributed by atoms with Crippen molar-refractivity contribution in [3.63, 3.8) is 0 Å². The molecule has 9 nitrogen and oxygen atoms in total. The van der Waals surface area contributed by atoms with Crippen molar-refractivity contribution in [2.75, 3.05) is 39.3 Å². The Labute approximate surface area is 395 Å². The Bertz CT molecular complexity index is 2030. The molecule has 10 heteroatoms. The molecule has 8 rings (SSSR count). The Morgan fingerprint density at radius 3 is 2.00 bits per heavy atom. The summed E-state index contributed by atoms with van der Waals surface area (Å²) in [4.78, 5) is 18.1. The maximum absolute atomic E-state index is 13.1. The van der Waals surface area contributed by atoms with E-state index in [1.165, 1.54) is 68.9 Å². The number of fused-ring (bicyclic) bond motifs is 7. The van der Waals surface area contributed by atoms with Crippen molar-refractivity contribution in [3.05, 3.63) is 66.6 Å². The summed E-state index contributed by atoms with van der Waals surface area (Å²) in [5, 5.41) is 13.8. The number of nitrogens with zero attached hydrogens (tertiary/aromatic N) is 4. The van der Waals surface area contributed by atoms with Crippen molar-refractivity contribution < 1.29 is 18.3 Å². The van der Waals surface area contributed by atoms with Crippen LogP contribution in [0.3, 0.4) is 0 Å². The minimum absolute atomic E-state index is 0.0347. The van der Waals surface area contributed by atoms with Gasteiger partial charge in [-0.2, -0.15) is 4.31 Å². The number of rotatable bonds is 8. The number of piperazine rings is 1. The number of terminal acetylenes is 4. The molecule has 0 spiro atoms. The summed E-state index contributed by atoms with van der Waals surface area (Å²) in [6.07, 6.45) is 52.5. The zero-order valence-corrected chi connectivity index (χ0v) is 41.8. The molecule has 4 saturated carbocycles. The van der Waals surface area contributed by atoms with Crippen LogP contribution in [0.25, 0.3) is 5.57 Å². The quantitative estimate of drug-likeness (QED) is 0.201. The molecule has 1 saturated heterocycles. The maximum Gasteiger partial charge on any atom is 0.335 e. The van der Waals surface area contributed by atoms with E-state index in [1.807, 2.05) is 32.9 Å². The Hall–Kier alpha value is -4.55. The number of allylic oxidation sites excluding steroid dienone is 3. The second-order valence-corrected chi connectivity index (χ2v) is 21.0. The fourth-order valence-corrected chi connectivity index (χ4v) is 15.1. The summed E-state index contributed by atoms with van der Waals surface area (Å²) in [6, 6.07) is 7.59. The van der Waals surface area contributed by atoms with Crippen LogP contribution in [-0.4, -0.2) is 83.1 Å². The summed E-state index contributed by atoms with van der Waals surface area (Å²) in [6.45, 7) is 24.0. The van der Waals surface area contributed by atoms with E-state index in [-0.39, 0.29) is 21.4 Å². The molecule has 8 atom stereocenters. The fourth-order valence-electron chi connectivity index (χ4n) is 13.7. The summed E-state index contributed by atoms with van der Waals surface area (Å²) >= 11 is 0. The summed E-state index contributed by atoms with van der Waals surface area (Å²) in [5.74, 6) is 2.84. The molecule has 5 fully saturated rings. The van der Waals surface area contributed by atoms with Gasteiger partial charge < -0.3 is 15.0 Å². The highest BCUT2D eigenvalue weighted by atomic mass is 32.2. The van der Waals surface area contributed by atoms with E-state index >= 15 is 0 Å². The maximum atomic E-state index is 13.1. The molecular formula is C55H81N5O4S. The van der Waals surface area contributed by atoms with Gasteiger partial charge >= 0.3 is 5.97 Å². The van der Waals surface area contributed by atoms with E-state index in [1.54, 1.807) is 46.7 Å². The van der Waals surface area contributed by atoms with Crippen LogP contribution < -0.4 is 5.32 Å². The highest BCUT2D eigenvalue weighted by Gasteiger charge is 2.65. The first-order valence-corrected chi connectivity index (χ1v) is 24.9. The first-order chi connectivity index (χ1) is 31.1. The van der Waals surface area contributed by atoms with Gasteiger partial charge in [-0.15, -0.1) is 58.0 Å². The van der Waals surface area contributed by atoms with Crippen LogP contribution in [-0.2, 0) is 17.1 Å². The van der Waals surface area contributed by atoms with Crippen molar-refractivity contribution in [1.29, 1.82) is 0 Å². The third kappa shape index (κ3) is 11.4. The highest BCUT2D eigenvalue weighted by molar-refractivity contribution is 7.89. The fraction of sp³-hybridized carbons (Fsp3) is 0.600. The van der Waals surface area contributed by atoms with Gasteiger partial charge in [0.05, 0.1) is 11.9 Å². The average Bonchev–Trinajstić information content (AvgIpc) is 3.97. The van der Waals surface area contributed by atoms with Crippen molar-refractivity contribution >= 4 is 21.6 Å². The predicted molar refractivity (Wildman–Crippen MR) is 271 cm³/mol. The number of sulfonamides is 1.